The summed E-state index contributed by atoms with van der Waals surface area (Å²) in [5, 5.41) is 13.4. The maximum atomic E-state index is 12.6. The molecule has 1 heterocycles. The van der Waals surface area contributed by atoms with Crippen molar-refractivity contribution in [2.45, 2.75) is 12.6 Å². The van der Waals surface area contributed by atoms with Gasteiger partial charge >= 0.3 is 6.18 Å². The molecule has 0 saturated heterocycles. The van der Waals surface area contributed by atoms with E-state index in [1.807, 2.05) is 0 Å². The number of amidine groups is 1. The lowest BCUT2D eigenvalue weighted by Gasteiger charge is -2.19. The average Bonchev–Trinajstić information content (AvgIpc) is 2.72. The smallest absolute Gasteiger partial charge is 0.400 e. The molecular formula is C10H16F3N5O. The van der Waals surface area contributed by atoms with Gasteiger partial charge in [-0.15, -0.1) is 0 Å². The fourth-order valence-corrected chi connectivity index (χ4v) is 1.54. The number of nitrogens with zero attached hydrogens (tertiary/aromatic N) is 3. The van der Waals surface area contributed by atoms with Crippen LogP contribution in [0.15, 0.2) is 17.5 Å². The molecule has 1 aromatic rings. The second-order valence-corrected chi connectivity index (χ2v) is 4.03. The zero-order chi connectivity index (χ0) is 14.5. The molecule has 1 rings (SSSR count). The topological polar surface area (TPSA) is 88.5 Å². The molecule has 0 aliphatic rings. The Morgan fingerprint density at radius 1 is 1.63 bits per heavy atom. The van der Waals surface area contributed by atoms with Crippen LogP contribution in [0.4, 0.5) is 13.2 Å². The molecule has 0 bridgehead atoms. The second-order valence-electron chi connectivity index (χ2n) is 4.03. The van der Waals surface area contributed by atoms with Gasteiger partial charge in [0.25, 0.3) is 0 Å². The molecule has 4 N–H and O–H groups in total. The summed E-state index contributed by atoms with van der Waals surface area (Å²) < 4.78 is 39.6. The number of rotatable bonds is 6. The SMILES string of the molecule is Cn1ccnc1CCNCC(/C(N)=N/O)C(F)(F)F. The Morgan fingerprint density at radius 2 is 2.32 bits per heavy atom. The number of aromatic nitrogens is 2. The van der Waals surface area contributed by atoms with Crippen LogP contribution in [0.5, 0.6) is 0 Å². The van der Waals surface area contributed by atoms with Crippen molar-refractivity contribution in [2.24, 2.45) is 23.9 Å². The Labute approximate surface area is 108 Å². The summed E-state index contributed by atoms with van der Waals surface area (Å²) in [6.45, 7) is -0.125. The monoisotopic (exact) mass is 279 g/mol. The molecule has 0 aromatic carbocycles. The minimum atomic E-state index is -4.55. The number of imidazole rings is 1. The second kappa shape index (κ2) is 6.41. The lowest BCUT2D eigenvalue weighted by Crippen LogP contribution is -2.43. The molecule has 0 radical (unpaired) electrons. The molecule has 19 heavy (non-hydrogen) atoms. The van der Waals surface area contributed by atoms with Gasteiger partial charge in [-0.1, -0.05) is 5.16 Å². The van der Waals surface area contributed by atoms with Crippen LogP contribution >= 0.6 is 0 Å². The van der Waals surface area contributed by atoms with Crippen molar-refractivity contribution in [3.63, 3.8) is 0 Å². The van der Waals surface area contributed by atoms with Gasteiger partial charge in [-0.25, -0.2) is 4.98 Å². The molecule has 0 aliphatic carbocycles. The van der Waals surface area contributed by atoms with Crippen molar-refractivity contribution in [2.75, 3.05) is 13.1 Å². The van der Waals surface area contributed by atoms with Gasteiger partial charge in [-0.05, 0) is 0 Å². The summed E-state index contributed by atoms with van der Waals surface area (Å²) >= 11 is 0. The van der Waals surface area contributed by atoms with Gasteiger partial charge in [0.15, 0.2) is 5.84 Å². The summed E-state index contributed by atoms with van der Waals surface area (Å²) in [4.78, 5) is 4.04. The average molecular weight is 279 g/mol. The van der Waals surface area contributed by atoms with Gasteiger partial charge < -0.3 is 20.8 Å². The van der Waals surface area contributed by atoms with Crippen molar-refractivity contribution in [3.8, 4) is 0 Å². The van der Waals surface area contributed by atoms with Crippen LogP contribution in [-0.4, -0.2) is 39.9 Å². The highest BCUT2D eigenvalue weighted by molar-refractivity contribution is 5.83. The van der Waals surface area contributed by atoms with Crippen LogP contribution in [0, 0.1) is 5.92 Å². The number of hydrogen-bond acceptors (Lipinski definition) is 4. The molecule has 0 fully saturated rings. The van der Waals surface area contributed by atoms with Crippen LogP contribution in [0.25, 0.3) is 0 Å². The first kappa shape index (κ1) is 15.3. The first-order valence-corrected chi connectivity index (χ1v) is 5.57. The molecular weight excluding hydrogens is 263 g/mol. The zero-order valence-corrected chi connectivity index (χ0v) is 10.4. The van der Waals surface area contributed by atoms with Gasteiger partial charge in [0.1, 0.15) is 11.7 Å². The van der Waals surface area contributed by atoms with Gasteiger partial charge in [-0.2, -0.15) is 13.2 Å². The van der Waals surface area contributed by atoms with Crippen molar-refractivity contribution in [1.82, 2.24) is 14.9 Å². The number of nitrogens with two attached hydrogens (primary N) is 1. The van der Waals surface area contributed by atoms with Crippen LogP contribution in [0.2, 0.25) is 0 Å². The summed E-state index contributed by atoms with van der Waals surface area (Å²) in [7, 11) is 1.80. The molecule has 9 heteroatoms. The third-order valence-corrected chi connectivity index (χ3v) is 2.66. The van der Waals surface area contributed by atoms with E-state index in [-0.39, 0.29) is 0 Å². The Bertz CT molecular complexity index is 429. The lowest BCUT2D eigenvalue weighted by molar-refractivity contribution is -0.154. The highest BCUT2D eigenvalue weighted by Crippen LogP contribution is 2.25. The van der Waals surface area contributed by atoms with E-state index >= 15 is 0 Å². The summed E-state index contributed by atoms with van der Waals surface area (Å²) in [6.07, 6.45) is -0.689. The highest BCUT2D eigenvalue weighted by Gasteiger charge is 2.42. The molecule has 0 amide bonds. The van der Waals surface area contributed by atoms with Crippen LogP contribution in [-0.2, 0) is 13.5 Å². The summed E-state index contributed by atoms with van der Waals surface area (Å²) in [5.74, 6) is -2.09. The number of halogens is 3. The summed E-state index contributed by atoms with van der Waals surface area (Å²) in [5.41, 5.74) is 5.03. The van der Waals surface area contributed by atoms with Gasteiger partial charge in [-0.3, -0.25) is 0 Å². The Balaban J connectivity index is 2.43. The third kappa shape index (κ3) is 4.43. The van der Waals surface area contributed by atoms with Crippen molar-refractivity contribution < 1.29 is 18.4 Å². The minimum Gasteiger partial charge on any atom is -0.409 e. The number of nitrogens with one attached hydrogen (secondary N) is 1. The standard InChI is InChI=1S/C10H16F3N5O/c1-18-5-4-16-8(18)2-3-15-6-7(9(14)17-19)10(11,12)13/h4-5,7,15,19H,2-3,6H2,1H3,(H2,14,17). The molecule has 0 aliphatic heterocycles. The minimum absolute atomic E-state index is 0.316. The van der Waals surface area contributed by atoms with Crippen molar-refractivity contribution in [1.29, 1.82) is 0 Å². The Kier molecular flexibility index (Phi) is 5.16. The highest BCUT2D eigenvalue weighted by atomic mass is 19.4. The lowest BCUT2D eigenvalue weighted by atomic mass is 10.1. The largest absolute Gasteiger partial charge is 0.409 e. The molecule has 1 unspecified atom stereocenters. The normalized spacial score (nSPS) is 14.6. The molecule has 1 atom stereocenters. The van der Waals surface area contributed by atoms with Crippen LogP contribution in [0.3, 0.4) is 0 Å². The molecule has 0 saturated carbocycles. The fourth-order valence-electron chi connectivity index (χ4n) is 1.54. The van der Waals surface area contributed by atoms with E-state index in [0.717, 1.165) is 5.82 Å². The molecule has 1 aromatic heterocycles. The van der Waals surface area contributed by atoms with Gasteiger partial charge in [0, 0.05) is 39.0 Å². The van der Waals surface area contributed by atoms with Gasteiger partial charge in [0.05, 0.1) is 0 Å². The van der Waals surface area contributed by atoms with E-state index in [4.69, 9.17) is 10.9 Å². The van der Waals surface area contributed by atoms with E-state index in [0.29, 0.717) is 13.0 Å². The number of alkyl halides is 3. The van der Waals surface area contributed by atoms with E-state index < -0.39 is 24.5 Å². The van der Waals surface area contributed by atoms with Crippen LogP contribution in [0.1, 0.15) is 5.82 Å². The molecule has 6 nitrogen and oxygen atoms in total. The predicted octanol–water partition coefficient (Wildman–Crippen LogP) is 0.477. The zero-order valence-electron chi connectivity index (χ0n) is 10.4. The summed E-state index contributed by atoms with van der Waals surface area (Å²) in [6, 6.07) is 0. The fraction of sp³-hybridized carbons (Fsp3) is 0.600. The van der Waals surface area contributed by atoms with Crippen LogP contribution < -0.4 is 11.1 Å². The van der Waals surface area contributed by atoms with Crippen molar-refractivity contribution in [3.05, 3.63) is 18.2 Å². The maximum Gasteiger partial charge on any atom is 0.400 e. The van der Waals surface area contributed by atoms with E-state index in [9.17, 15) is 13.2 Å². The first-order chi connectivity index (χ1) is 8.86. The van der Waals surface area contributed by atoms with E-state index in [1.165, 1.54) is 0 Å². The number of aryl methyl sites for hydroxylation is 1. The number of hydrogen-bond donors (Lipinski definition) is 3. The van der Waals surface area contributed by atoms with Gasteiger partial charge in [0.2, 0.25) is 0 Å². The first-order valence-electron chi connectivity index (χ1n) is 5.57. The molecule has 108 valence electrons. The third-order valence-electron chi connectivity index (χ3n) is 2.66. The van der Waals surface area contributed by atoms with E-state index in [2.05, 4.69) is 15.5 Å². The Hall–Kier alpha value is -1.77. The number of oxime groups is 1. The Morgan fingerprint density at radius 3 is 2.79 bits per heavy atom. The van der Waals surface area contributed by atoms with Crippen molar-refractivity contribution >= 4 is 5.84 Å². The van der Waals surface area contributed by atoms with E-state index in [1.54, 1.807) is 24.0 Å². The quantitative estimate of drug-likeness (QED) is 0.232. The molecule has 0 spiro atoms. The predicted molar refractivity (Wildman–Crippen MR) is 62.7 cm³/mol. The maximum absolute atomic E-state index is 12.6.